The number of hydrogen-bond donors (Lipinski definition) is 0. The third kappa shape index (κ3) is 5.25. The van der Waals surface area contributed by atoms with Crippen LogP contribution in [0.15, 0.2) is 54.6 Å². The molecule has 0 N–H and O–H groups in total. The summed E-state index contributed by atoms with van der Waals surface area (Å²) in [6, 6.07) is 18.3. The average Bonchev–Trinajstić information content (AvgIpc) is 3.04. The molecule has 3 nitrogen and oxygen atoms in total. The van der Waals surface area contributed by atoms with Gasteiger partial charge in [-0.2, -0.15) is 0 Å². The zero-order valence-electron chi connectivity index (χ0n) is 15.2. The van der Waals surface area contributed by atoms with Crippen molar-refractivity contribution in [2.24, 2.45) is 0 Å². The van der Waals surface area contributed by atoms with Gasteiger partial charge in [0.1, 0.15) is 18.2 Å². The second kappa shape index (κ2) is 10.2. The fourth-order valence-electron chi connectivity index (χ4n) is 3.22. The molecule has 0 spiro atoms. The molecule has 0 amide bonds. The molecule has 1 aromatic heterocycles. The number of fused-ring (bicyclic) bond motifs is 1. The van der Waals surface area contributed by atoms with E-state index in [2.05, 4.69) is 22.8 Å². The summed E-state index contributed by atoms with van der Waals surface area (Å²) in [5.74, 6) is 2.66. The van der Waals surface area contributed by atoms with Gasteiger partial charge in [0.05, 0.1) is 11.0 Å². The van der Waals surface area contributed by atoms with E-state index in [1.165, 1.54) is 37.6 Å². The number of nitrogens with zero attached hydrogens (tertiary/aromatic N) is 2. The topological polar surface area (TPSA) is 27.1 Å². The average molecular weight is 371 g/mol. The summed E-state index contributed by atoms with van der Waals surface area (Å²) in [5.41, 5.74) is 2.24. The Morgan fingerprint density at radius 3 is 2.31 bits per heavy atom. The van der Waals surface area contributed by atoms with Crippen LogP contribution in [0.1, 0.15) is 44.3 Å². The number of benzene rings is 2. The van der Waals surface area contributed by atoms with Crippen molar-refractivity contribution >= 4 is 22.6 Å². The molecule has 0 aliphatic carbocycles. The number of rotatable bonds is 11. The number of para-hydroxylation sites is 3. The third-order valence-corrected chi connectivity index (χ3v) is 4.88. The summed E-state index contributed by atoms with van der Waals surface area (Å²) in [7, 11) is 0. The highest BCUT2D eigenvalue weighted by molar-refractivity contribution is 6.17. The van der Waals surface area contributed by atoms with Crippen LogP contribution >= 0.6 is 11.6 Å². The van der Waals surface area contributed by atoms with Crippen LogP contribution in [0.3, 0.4) is 0 Å². The van der Waals surface area contributed by atoms with Gasteiger partial charge in [-0.25, -0.2) is 4.98 Å². The lowest BCUT2D eigenvalue weighted by Gasteiger charge is -2.10. The van der Waals surface area contributed by atoms with Crippen molar-refractivity contribution in [2.45, 2.75) is 51.7 Å². The van der Waals surface area contributed by atoms with E-state index in [-0.39, 0.29) is 0 Å². The van der Waals surface area contributed by atoms with Gasteiger partial charge in [0.15, 0.2) is 0 Å². The monoisotopic (exact) mass is 370 g/mol. The lowest BCUT2D eigenvalue weighted by atomic mass is 10.1. The molecule has 26 heavy (non-hydrogen) atoms. The first-order valence-corrected chi connectivity index (χ1v) is 10.1. The quantitative estimate of drug-likeness (QED) is 0.297. The van der Waals surface area contributed by atoms with Crippen LogP contribution < -0.4 is 4.74 Å². The van der Waals surface area contributed by atoms with Gasteiger partial charge in [-0.15, -0.1) is 11.6 Å². The molecule has 138 valence electrons. The molecule has 0 aliphatic rings. The first-order chi connectivity index (χ1) is 12.9. The molecule has 2 aromatic carbocycles. The van der Waals surface area contributed by atoms with Gasteiger partial charge in [0.2, 0.25) is 0 Å². The van der Waals surface area contributed by atoms with E-state index in [4.69, 9.17) is 21.3 Å². The number of ether oxygens (including phenoxy) is 1. The minimum absolute atomic E-state index is 0.494. The standard InChI is InChI=1S/C22H27ClN2O/c23-16-10-3-1-2-4-11-17-25-21-15-9-8-14-20(21)24-22(25)18-26-19-12-6-5-7-13-19/h5-9,12-15H,1-4,10-11,16-18H2. The van der Waals surface area contributed by atoms with Crippen LogP contribution in [0.2, 0.25) is 0 Å². The van der Waals surface area contributed by atoms with Crippen molar-refractivity contribution in [1.82, 2.24) is 9.55 Å². The molecule has 3 rings (SSSR count). The van der Waals surface area contributed by atoms with E-state index in [9.17, 15) is 0 Å². The fourth-order valence-corrected chi connectivity index (χ4v) is 3.41. The van der Waals surface area contributed by atoms with E-state index in [1.807, 2.05) is 36.4 Å². The molecular formula is C22H27ClN2O. The molecular weight excluding hydrogens is 344 g/mol. The first kappa shape index (κ1) is 18.8. The van der Waals surface area contributed by atoms with Crippen molar-refractivity contribution in [1.29, 1.82) is 0 Å². The normalized spacial score (nSPS) is 11.1. The van der Waals surface area contributed by atoms with Gasteiger partial charge in [-0.3, -0.25) is 0 Å². The Balaban J connectivity index is 1.61. The van der Waals surface area contributed by atoms with Gasteiger partial charge < -0.3 is 9.30 Å². The first-order valence-electron chi connectivity index (χ1n) is 9.56. The molecule has 3 aromatic rings. The summed E-state index contributed by atoms with van der Waals surface area (Å²) < 4.78 is 8.25. The molecule has 0 saturated carbocycles. The van der Waals surface area contributed by atoms with Gasteiger partial charge in [-0.05, 0) is 37.1 Å². The summed E-state index contributed by atoms with van der Waals surface area (Å²) in [6.45, 7) is 1.48. The van der Waals surface area contributed by atoms with Gasteiger partial charge in [0, 0.05) is 12.4 Å². The Hall–Kier alpha value is -2.00. The van der Waals surface area contributed by atoms with Gasteiger partial charge in [-0.1, -0.05) is 56.0 Å². The van der Waals surface area contributed by atoms with Crippen LogP contribution in [0.5, 0.6) is 5.75 Å². The fraction of sp³-hybridized carbons (Fsp3) is 0.409. The summed E-state index contributed by atoms with van der Waals surface area (Å²) >= 11 is 5.73. The molecule has 0 radical (unpaired) electrons. The highest BCUT2D eigenvalue weighted by Crippen LogP contribution is 2.19. The summed E-state index contributed by atoms with van der Waals surface area (Å²) in [6.07, 6.45) is 7.34. The SMILES string of the molecule is ClCCCCCCCCn1c(COc2ccccc2)nc2ccccc21. The Bertz CT molecular complexity index is 785. The zero-order chi connectivity index (χ0) is 18.0. The van der Waals surface area contributed by atoms with E-state index in [0.29, 0.717) is 6.61 Å². The number of alkyl halides is 1. The van der Waals surface area contributed by atoms with Crippen molar-refractivity contribution in [3.8, 4) is 5.75 Å². The Morgan fingerprint density at radius 1 is 0.808 bits per heavy atom. The van der Waals surface area contributed by atoms with Crippen molar-refractivity contribution < 1.29 is 4.74 Å². The largest absolute Gasteiger partial charge is 0.486 e. The smallest absolute Gasteiger partial charge is 0.147 e. The summed E-state index contributed by atoms with van der Waals surface area (Å²) in [4.78, 5) is 4.79. The molecule has 0 atom stereocenters. The molecule has 0 saturated heterocycles. The Kier molecular flexibility index (Phi) is 7.38. The molecule has 1 heterocycles. The van der Waals surface area contributed by atoms with E-state index >= 15 is 0 Å². The molecule has 0 bridgehead atoms. The minimum atomic E-state index is 0.494. The maximum Gasteiger partial charge on any atom is 0.147 e. The van der Waals surface area contributed by atoms with Crippen LogP contribution in [0.25, 0.3) is 11.0 Å². The number of halogens is 1. The number of hydrogen-bond acceptors (Lipinski definition) is 2. The predicted molar refractivity (Wildman–Crippen MR) is 109 cm³/mol. The second-order valence-electron chi connectivity index (χ2n) is 6.58. The van der Waals surface area contributed by atoms with Crippen molar-refractivity contribution in [2.75, 3.05) is 5.88 Å². The highest BCUT2D eigenvalue weighted by Gasteiger charge is 2.10. The number of aryl methyl sites for hydroxylation is 1. The summed E-state index contributed by atoms with van der Waals surface area (Å²) in [5, 5.41) is 0. The van der Waals surface area contributed by atoms with Crippen molar-refractivity contribution in [3.63, 3.8) is 0 Å². The molecule has 4 heteroatoms. The number of imidazole rings is 1. The Morgan fingerprint density at radius 2 is 1.50 bits per heavy atom. The van der Waals surface area contributed by atoms with E-state index in [1.54, 1.807) is 0 Å². The van der Waals surface area contributed by atoms with Crippen LogP contribution in [0, 0.1) is 0 Å². The van der Waals surface area contributed by atoms with E-state index in [0.717, 1.165) is 35.9 Å². The zero-order valence-corrected chi connectivity index (χ0v) is 16.0. The molecule has 0 fully saturated rings. The minimum Gasteiger partial charge on any atom is -0.486 e. The van der Waals surface area contributed by atoms with Crippen molar-refractivity contribution in [3.05, 3.63) is 60.4 Å². The van der Waals surface area contributed by atoms with Crippen LogP contribution in [0.4, 0.5) is 0 Å². The third-order valence-electron chi connectivity index (χ3n) is 4.61. The van der Waals surface area contributed by atoms with Crippen LogP contribution in [-0.4, -0.2) is 15.4 Å². The van der Waals surface area contributed by atoms with E-state index < -0.39 is 0 Å². The highest BCUT2D eigenvalue weighted by atomic mass is 35.5. The number of unbranched alkanes of at least 4 members (excludes halogenated alkanes) is 5. The lowest BCUT2D eigenvalue weighted by Crippen LogP contribution is -2.07. The molecule has 0 aliphatic heterocycles. The van der Waals surface area contributed by atoms with Gasteiger partial charge >= 0.3 is 0 Å². The van der Waals surface area contributed by atoms with Crippen LogP contribution in [-0.2, 0) is 13.2 Å². The maximum atomic E-state index is 5.94. The number of aromatic nitrogens is 2. The maximum absolute atomic E-state index is 5.94. The lowest BCUT2D eigenvalue weighted by molar-refractivity contribution is 0.289. The molecule has 0 unspecified atom stereocenters. The Labute approximate surface area is 161 Å². The second-order valence-corrected chi connectivity index (χ2v) is 6.96. The van der Waals surface area contributed by atoms with Gasteiger partial charge in [0.25, 0.3) is 0 Å². The predicted octanol–water partition coefficient (Wildman–Crippen LogP) is 6.19.